The Labute approximate surface area is 126 Å². The zero-order valence-corrected chi connectivity index (χ0v) is 12.9. The van der Waals surface area contributed by atoms with Gasteiger partial charge in [-0.1, -0.05) is 43.6 Å². The van der Waals surface area contributed by atoms with Crippen molar-refractivity contribution in [2.45, 2.75) is 45.2 Å². The second kappa shape index (κ2) is 7.09. The average Bonchev–Trinajstić information content (AvgIpc) is 2.89. The molecule has 1 saturated heterocycles. The smallest absolute Gasteiger partial charge is 0.222 e. The van der Waals surface area contributed by atoms with Crippen LogP contribution in [0.15, 0.2) is 24.3 Å². The summed E-state index contributed by atoms with van der Waals surface area (Å²) in [6.45, 7) is 5.22. The van der Waals surface area contributed by atoms with Crippen molar-refractivity contribution in [3.8, 4) is 0 Å². The summed E-state index contributed by atoms with van der Waals surface area (Å²) < 4.78 is 0. The first-order chi connectivity index (χ1) is 9.58. The van der Waals surface area contributed by atoms with Crippen molar-refractivity contribution in [2.24, 2.45) is 5.92 Å². The lowest BCUT2D eigenvalue weighted by Crippen LogP contribution is -2.36. The van der Waals surface area contributed by atoms with Crippen LogP contribution < -0.4 is 10.6 Å². The second-order valence-electron chi connectivity index (χ2n) is 5.81. The van der Waals surface area contributed by atoms with Gasteiger partial charge in [-0.15, -0.1) is 0 Å². The van der Waals surface area contributed by atoms with Gasteiger partial charge in [0, 0.05) is 17.5 Å². The molecular formula is C16H23ClN2O. The average molecular weight is 295 g/mol. The largest absolute Gasteiger partial charge is 0.349 e. The Morgan fingerprint density at radius 1 is 1.45 bits per heavy atom. The summed E-state index contributed by atoms with van der Waals surface area (Å²) in [4.78, 5) is 12.2. The van der Waals surface area contributed by atoms with Gasteiger partial charge in [-0.25, -0.2) is 0 Å². The van der Waals surface area contributed by atoms with Gasteiger partial charge >= 0.3 is 0 Å². The van der Waals surface area contributed by atoms with Crippen LogP contribution in [-0.2, 0) is 4.79 Å². The van der Waals surface area contributed by atoms with Crippen LogP contribution in [0.25, 0.3) is 0 Å². The number of halogens is 1. The Morgan fingerprint density at radius 3 is 2.80 bits per heavy atom. The summed E-state index contributed by atoms with van der Waals surface area (Å²) in [7, 11) is 0. The molecule has 1 aromatic carbocycles. The summed E-state index contributed by atoms with van der Waals surface area (Å²) in [6, 6.07) is 8.03. The van der Waals surface area contributed by atoms with Gasteiger partial charge in [0.25, 0.3) is 0 Å². The number of carbonyl (C=O) groups excluding carboxylic acids is 1. The van der Waals surface area contributed by atoms with E-state index >= 15 is 0 Å². The molecule has 20 heavy (non-hydrogen) atoms. The SMILES string of the molecule is CC(C)C(NC(=O)CC1CCCN1)c1ccccc1Cl. The molecule has 0 bridgehead atoms. The van der Waals surface area contributed by atoms with Crippen molar-refractivity contribution in [2.75, 3.05) is 6.54 Å². The maximum absolute atomic E-state index is 12.2. The highest BCUT2D eigenvalue weighted by Crippen LogP contribution is 2.28. The molecule has 0 aliphatic carbocycles. The van der Waals surface area contributed by atoms with Gasteiger partial charge in [0.2, 0.25) is 5.91 Å². The Hall–Kier alpha value is -1.06. The number of amides is 1. The van der Waals surface area contributed by atoms with Crippen LogP contribution in [0.1, 0.15) is 44.7 Å². The third-order valence-corrected chi connectivity index (χ3v) is 4.16. The Bertz CT molecular complexity index is 456. The molecule has 1 aliphatic heterocycles. The summed E-state index contributed by atoms with van der Waals surface area (Å²) in [5.74, 6) is 0.401. The van der Waals surface area contributed by atoms with Crippen molar-refractivity contribution in [1.82, 2.24) is 10.6 Å². The highest BCUT2D eigenvalue weighted by Gasteiger charge is 2.23. The number of carbonyl (C=O) groups is 1. The van der Waals surface area contributed by atoms with Gasteiger partial charge in [0.05, 0.1) is 6.04 Å². The highest BCUT2D eigenvalue weighted by molar-refractivity contribution is 6.31. The van der Waals surface area contributed by atoms with E-state index in [1.807, 2.05) is 24.3 Å². The van der Waals surface area contributed by atoms with E-state index in [1.54, 1.807) is 0 Å². The van der Waals surface area contributed by atoms with E-state index < -0.39 is 0 Å². The van der Waals surface area contributed by atoms with Gasteiger partial charge in [-0.05, 0) is 36.9 Å². The van der Waals surface area contributed by atoms with Crippen molar-refractivity contribution in [3.63, 3.8) is 0 Å². The Morgan fingerprint density at radius 2 is 2.20 bits per heavy atom. The molecule has 0 spiro atoms. The number of rotatable bonds is 5. The topological polar surface area (TPSA) is 41.1 Å². The molecule has 0 radical (unpaired) electrons. The number of hydrogen-bond acceptors (Lipinski definition) is 2. The maximum Gasteiger partial charge on any atom is 0.222 e. The van der Waals surface area contributed by atoms with Crippen LogP contribution in [-0.4, -0.2) is 18.5 Å². The van der Waals surface area contributed by atoms with E-state index in [1.165, 1.54) is 0 Å². The summed E-state index contributed by atoms with van der Waals surface area (Å²) in [5.41, 5.74) is 0.997. The van der Waals surface area contributed by atoms with Crippen LogP contribution >= 0.6 is 11.6 Å². The zero-order chi connectivity index (χ0) is 14.5. The van der Waals surface area contributed by atoms with Gasteiger partial charge < -0.3 is 10.6 Å². The van der Waals surface area contributed by atoms with Crippen LogP contribution in [0.3, 0.4) is 0 Å². The van der Waals surface area contributed by atoms with Gasteiger partial charge in [-0.3, -0.25) is 4.79 Å². The van der Waals surface area contributed by atoms with E-state index in [0.717, 1.165) is 24.9 Å². The fourth-order valence-corrected chi connectivity index (χ4v) is 2.97. The minimum atomic E-state index is -0.0300. The summed E-state index contributed by atoms with van der Waals surface area (Å²) in [5, 5.41) is 7.20. The molecule has 1 amide bonds. The van der Waals surface area contributed by atoms with Gasteiger partial charge in [0.15, 0.2) is 0 Å². The van der Waals surface area contributed by atoms with E-state index in [4.69, 9.17) is 11.6 Å². The fourth-order valence-electron chi connectivity index (χ4n) is 2.72. The van der Waals surface area contributed by atoms with Crippen LogP contribution in [0, 0.1) is 5.92 Å². The normalized spacial score (nSPS) is 20.1. The van der Waals surface area contributed by atoms with Crippen molar-refractivity contribution in [1.29, 1.82) is 0 Å². The number of hydrogen-bond donors (Lipinski definition) is 2. The van der Waals surface area contributed by atoms with E-state index in [9.17, 15) is 4.79 Å². The van der Waals surface area contributed by atoms with Crippen molar-refractivity contribution >= 4 is 17.5 Å². The third-order valence-electron chi connectivity index (χ3n) is 3.82. The molecule has 0 aromatic heterocycles. The quantitative estimate of drug-likeness (QED) is 0.875. The van der Waals surface area contributed by atoms with Crippen molar-refractivity contribution < 1.29 is 4.79 Å². The molecule has 2 atom stereocenters. The predicted octanol–water partition coefficient (Wildman–Crippen LogP) is 3.30. The molecule has 2 N–H and O–H groups in total. The molecule has 4 heteroatoms. The lowest BCUT2D eigenvalue weighted by atomic mass is 9.95. The molecular weight excluding hydrogens is 272 g/mol. The first kappa shape index (κ1) is 15.3. The lowest BCUT2D eigenvalue weighted by molar-refractivity contribution is -0.122. The molecule has 1 aromatic rings. The van der Waals surface area contributed by atoms with E-state index in [-0.39, 0.29) is 11.9 Å². The molecule has 3 nitrogen and oxygen atoms in total. The molecule has 1 aliphatic rings. The third kappa shape index (κ3) is 3.97. The van der Waals surface area contributed by atoms with Gasteiger partial charge in [0.1, 0.15) is 0 Å². The first-order valence-corrected chi connectivity index (χ1v) is 7.73. The van der Waals surface area contributed by atoms with Gasteiger partial charge in [-0.2, -0.15) is 0 Å². The minimum absolute atomic E-state index is 0.0300. The highest BCUT2D eigenvalue weighted by atomic mass is 35.5. The number of nitrogens with one attached hydrogen (secondary N) is 2. The lowest BCUT2D eigenvalue weighted by Gasteiger charge is -2.24. The van der Waals surface area contributed by atoms with Crippen LogP contribution in [0.2, 0.25) is 5.02 Å². The predicted molar refractivity (Wildman–Crippen MR) is 82.8 cm³/mol. The monoisotopic (exact) mass is 294 g/mol. The minimum Gasteiger partial charge on any atom is -0.349 e. The molecule has 2 rings (SSSR count). The fraction of sp³-hybridized carbons (Fsp3) is 0.562. The molecule has 2 unspecified atom stereocenters. The standard InChI is InChI=1S/C16H23ClN2O/c1-11(2)16(13-7-3-4-8-14(13)17)19-15(20)10-12-6-5-9-18-12/h3-4,7-8,11-12,16,18H,5-6,9-10H2,1-2H3,(H,19,20). The van der Waals surface area contributed by atoms with Crippen LogP contribution in [0.5, 0.6) is 0 Å². The maximum atomic E-state index is 12.2. The zero-order valence-electron chi connectivity index (χ0n) is 12.2. The molecule has 1 heterocycles. The number of benzene rings is 1. The van der Waals surface area contributed by atoms with E-state index in [2.05, 4.69) is 24.5 Å². The van der Waals surface area contributed by atoms with Crippen LogP contribution in [0.4, 0.5) is 0 Å². The Kier molecular flexibility index (Phi) is 5.44. The molecule has 1 fully saturated rings. The van der Waals surface area contributed by atoms with E-state index in [0.29, 0.717) is 23.4 Å². The molecule has 0 saturated carbocycles. The second-order valence-corrected chi connectivity index (χ2v) is 6.22. The first-order valence-electron chi connectivity index (χ1n) is 7.35. The summed E-state index contributed by atoms with van der Waals surface area (Å²) in [6.07, 6.45) is 2.80. The van der Waals surface area contributed by atoms with Crippen molar-refractivity contribution in [3.05, 3.63) is 34.9 Å². The summed E-state index contributed by atoms with van der Waals surface area (Å²) >= 11 is 6.25. The Balaban J connectivity index is 2.02. The molecule has 110 valence electrons.